The number of carbonyl (C=O) groups excluding carboxylic acids is 2. The monoisotopic (exact) mass is 254 g/mol. The Bertz CT molecular complexity index is 416. The van der Waals surface area contributed by atoms with Gasteiger partial charge in [-0.1, -0.05) is 0 Å². The molecular weight excluding hydrogens is 236 g/mol. The van der Waals surface area contributed by atoms with E-state index in [1.165, 1.54) is 6.26 Å². The number of hydrogen-bond acceptors (Lipinski definition) is 5. The summed E-state index contributed by atoms with van der Waals surface area (Å²) in [7, 11) is 3.44. The molecule has 0 fully saturated rings. The molecule has 0 atom stereocenters. The number of hydrogen-bond donors (Lipinski definition) is 3. The summed E-state index contributed by atoms with van der Waals surface area (Å²) in [6, 6.07) is 1.56. The molecule has 1 aromatic rings. The molecule has 18 heavy (non-hydrogen) atoms. The molecule has 0 saturated heterocycles. The van der Waals surface area contributed by atoms with Crippen LogP contribution in [-0.4, -0.2) is 37.4 Å². The summed E-state index contributed by atoms with van der Waals surface area (Å²) in [5.74, 6) is 5.18. The predicted octanol–water partition coefficient (Wildman–Crippen LogP) is -0.549. The lowest BCUT2D eigenvalue weighted by atomic mass is 10.2. The van der Waals surface area contributed by atoms with Crippen molar-refractivity contribution in [2.45, 2.75) is 13.0 Å². The molecule has 0 saturated carbocycles. The van der Waals surface area contributed by atoms with Crippen molar-refractivity contribution in [3.05, 3.63) is 23.7 Å². The fourth-order valence-electron chi connectivity index (χ4n) is 1.48. The van der Waals surface area contributed by atoms with E-state index in [1.54, 1.807) is 13.1 Å². The normalized spacial score (nSPS) is 10.4. The number of nitrogens with two attached hydrogens (primary N) is 1. The quantitative estimate of drug-likeness (QED) is 0.359. The Labute approximate surface area is 105 Å². The predicted molar refractivity (Wildman–Crippen MR) is 65.4 cm³/mol. The van der Waals surface area contributed by atoms with Crippen LogP contribution in [0.4, 0.5) is 0 Å². The van der Waals surface area contributed by atoms with Crippen molar-refractivity contribution in [1.82, 2.24) is 15.6 Å². The van der Waals surface area contributed by atoms with Crippen molar-refractivity contribution in [2.24, 2.45) is 5.84 Å². The molecule has 100 valence electrons. The molecule has 4 N–H and O–H groups in total. The minimum atomic E-state index is -0.390. The molecule has 7 heteroatoms. The van der Waals surface area contributed by atoms with Crippen LogP contribution in [0.2, 0.25) is 0 Å². The molecule has 0 spiro atoms. The van der Waals surface area contributed by atoms with Crippen LogP contribution in [0.15, 0.2) is 16.7 Å². The number of nitrogens with zero attached hydrogens (tertiary/aromatic N) is 1. The molecule has 1 heterocycles. The van der Waals surface area contributed by atoms with Gasteiger partial charge >= 0.3 is 0 Å². The molecule has 0 radical (unpaired) electrons. The largest absolute Gasteiger partial charge is 0.467 e. The zero-order chi connectivity index (χ0) is 13.5. The van der Waals surface area contributed by atoms with Crippen molar-refractivity contribution < 1.29 is 14.0 Å². The molecule has 0 aromatic carbocycles. The second-order valence-corrected chi connectivity index (χ2v) is 3.89. The van der Waals surface area contributed by atoms with Gasteiger partial charge in [-0.25, -0.2) is 5.84 Å². The Balaban J connectivity index is 2.54. The summed E-state index contributed by atoms with van der Waals surface area (Å²) < 4.78 is 5.23. The van der Waals surface area contributed by atoms with E-state index >= 15 is 0 Å². The van der Waals surface area contributed by atoms with Gasteiger partial charge in [0.15, 0.2) is 0 Å². The fraction of sp³-hybridized carbons (Fsp3) is 0.455. The van der Waals surface area contributed by atoms with Crippen LogP contribution >= 0.6 is 0 Å². The van der Waals surface area contributed by atoms with E-state index in [0.29, 0.717) is 30.8 Å². The molecule has 1 rings (SSSR count). The molecule has 1 aromatic heterocycles. The van der Waals surface area contributed by atoms with E-state index in [0.717, 1.165) is 0 Å². The van der Waals surface area contributed by atoms with Crippen molar-refractivity contribution in [1.29, 1.82) is 0 Å². The molecule has 2 amide bonds. The second-order valence-electron chi connectivity index (χ2n) is 3.89. The van der Waals surface area contributed by atoms with Gasteiger partial charge in [-0.15, -0.1) is 0 Å². The maximum absolute atomic E-state index is 11.4. The third-order valence-corrected chi connectivity index (χ3v) is 2.53. The lowest BCUT2D eigenvalue weighted by Crippen LogP contribution is -2.31. The zero-order valence-electron chi connectivity index (χ0n) is 10.5. The topological polar surface area (TPSA) is 101 Å². The van der Waals surface area contributed by atoms with Crippen LogP contribution in [0.5, 0.6) is 0 Å². The number of hydrazine groups is 1. The lowest BCUT2D eigenvalue weighted by Gasteiger charge is -2.15. The highest BCUT2D eigenvalue weighted by atomic mass is 16.3. The van der Waals surface area contributed by atoms with Crippen LogP contribution in [0.25, 0.3) is 0 Å². The minimum absolute atomic E-state index is 0.0266. The number of nitrogens with one attached hydrogen (secondary N) is 2. The third-order valence-electron chi connectivity index (χ3n) is 2.53. The Hall–Kier alpha value is -1.86. The van der Waals surface area contributed by atoms with E-state index < -0.39 is 5.91 Å². The summed E-state index contributed by atoms with van der Waals surface area (Å²) in [6.07, 6.45) is 1.83. The highest BCUT2D eigenvalue weighted by Crippen LogP contribution is 2.12. The van der Waals surface area contributed by atoms with Gasteiger partial charge in [0, 0.05) is 20.0 Å². The Morgan fingerprint density at radius 2 is 2.22 bits per heavy atom. The molecular formula is C11H18N4O3. The molecule has 0 aliphatic heterocycles. The molecule has 0 bridgehead atoms. The molecule has 0 aliphatic rings. The summed E-state index contributed by atoms with van der Waals surface area (Å²) >= 11 is 0. The number of nitrogen functional groups attached to an aromatic ring is 1. The van der Waals surface area contributed by atoms with Crippen molar-refractivity contribution >= 4 is 11.8 Å². The minimum Gasteiger partial charge on any atom is -0.467 e. The van der Waals surface area contributed by atoms with Gasteiger partial charge in [-0.2, -0.15) is 0 Å². The van der Waals surface area contributed by atoms with Gasteiger partial charge < -0.3 is 9.73 Å². The molecule has 0 aliphatic carbocycles. The van der Waals surface area contributed by atoms with Crippen LogP contribution in [0.3, 0.4) is 0 Å². The van der Waals surface area contributed by atoms with Crippen LogP contribution in [-0.2, 0) is 11.3 Å². The van der Waals surface area contributed by atoms with Crippen molar-refractivity contribution in [3.63, 3.8) is 0 Å². The first-order chi connectivity index (χ1) is 8.58. The van der Waals surface area contributed by atoms with Crippen LogP contribution < -0.4 is 16.6 Å². The van der Waals surface area contributed by atoms with Gasteiger partial charge in [-0.3, -0.25) is 19.9 Å². The molecule has 7 nitrogen and oxygen atoms in total. The average Bonchev–Trinajstić information content (AvgIpc) is 2.82. The first kappa shape index (κ1) is 14.2. The van der Waals surface area contributed by atoms with Crippen molar-refractivity contribution in [2.75, 3.05) is 20.6 Å². The highest BCUT2D eigenvalue weighted by Gasteiger charge is 2.15. The first-order valence-electron chi connectivity index (χ1n) is 5.55. The SMILES string of the molecule is CNC(=O)CCN(C)Cc1occc1C(=O)NN. The van der Waals surface area contributed by atoms with Gasteiger partial charge in [0.2, 0.25) is 5.91 Å². The number of rotatable bonds is 6. The van der Waals surface area contributed by atoms with Crippen LogP contribution in [0, 0.1) is 0 Å². The van der Waals surface area contributed by atoms with Gasteiger partial charge in [0.25, 0.3) is 5.91 Å². The number of furan rings is 1. The smallest absolute Gasteiger partial charge is 0.268 e. The Kier molecular flexibility index (Phi) is 5.34. The van der Waals surface area contributed by atoms with Gasteiger partial charge in [-0.05, 0) is 13.1 Å². The number of carbonyl (C=O) groups is 2. The number of amides is 2. The van der Waals surface area contributed by atoms with E-state index in [1.807, 2.05) is 11.9 Å². The van der Waals surface area contributed by atoms with Crippen LogP contribution in [0.1, 0.15) is 22.5 Å². The van der Waals surface area contributed by atoms with E-state index in [-0.39, 0.29) is 5.91 Å². The fourth-order valence-corrected chi connectivity index (χ4v) is 1.48. The van der Waals surface area contributed by atoms with Gasteiger partial charge in [0.05, 0.1) is 18.4 Å². The average molecular weight is 254 g/mol. The summed E-state index contributed by atoms with van der Waals surface area (Å²) in [5.41, 5.74) is 2.47. The summed E-state index contributed by atoms with van der Waals surface area (Å²) in [4.78, 5) is 24.4. The van der Waals surface area contributed by atoms with Gasteiger partial charge in [0.1, 0.15) is 5.76 Å². The second kappa shape index (κ2) is 6.77. The lowest BCUT2D eigenvalue weighted by molar-refractivity contribution is -0.120. The summed E-state index contributed by atoms with van der Waals surface area (Å²) in [5, 5.41) is 2.55. The summed E-state index contributed by atoms with van der Waals surface area (Å²) in [6.45, 7) is 1.01. The highest BCUT2D eigenvalue weighted by molar-refractivity contribution is 5.94. The Morgan fingerprint density at radius 3 is 2.83 bits per heavy atom. The first-order valence-corrected chi connectivity index (χ1v) is 5.55. The van der Waals surface area contributed by atoms with E-state index in [2.05, 4.69) is 10.7 Å². The standard InChI is InChI=1S/C11H18N4O3/c1-13-10(16)3-5-15(2)7-9-8(4-6-18-9)11(17)14-12/h4,6H,3,5,7,12H2,1-2H3,(H,13,16)(H,14,17). The Morgan fingerprint density at radius 1 is 1.50 bits per heavy atom. The van der Waals surface area contributed by atoms with E-state index in [9.17, 15) is 9.59 Å². The maximum atomic E-state index is 11.4. The maximum Gasteiger partial charge on any atom is 0.268 e. The zero-order valence-corrected chi connectivity index (χ0v) is 10.5. The van der Waals surface area contributed by atoms with E-state index in [4.69, 9.17) is 10.3 Å². The van der Waals surface area contributed by atoms with Crippen molar-refractivity contribution in [3.8, 4) is 0 Å². The molecule has 0 unspecified atom stereocenters. The third kappa shape index (κ3) is 3.86.